The largest absolute Gasteiger partial charge is 0.274 e. The molecule has 7 rings (SSSR count). The van der Waals surface area contributed by atoms with Gasteiger partial charge in [-0.05, 0) is 59.3 Å². The summed E-state index contributed by atoms with van der Waals surface area (Å²) in [4.78, 5) is 98.5. The lowest BCUT2D eigenvalue weighted by atomic mass is 9.69. The number of imide groups is 3. The lowest BCUT2D eigenvalue weighted by Crippen LogP contribution is -2.40. The monoisotopic (exact) mass is 576 g/mol. The number of carbonyl (C=O) groups is 6. The number of hydrogen-bond donors (Lipinski definition) is 0. The Balaban J connectivity index is 1.38. The highest BCUT2D eigenvalue weighted by atomic mass is 16.2. The molecule has 6 aliphatic rings. The molecular weight excluding hydrogens is 540 g/mol. The second-order valence-electron chi connectivity index (χ2n) is 13.8. The predicted molar refractivity (Wildman–Crippen MR) is 148 cm³/mol. The second kappa shape index (κ2) is 8.97. The van der Waals surface area contributed by atoms with Crippen molar-refractivity contribution in [3.63, 3.8) is 0 Å². The summed E-state index contributed by atoms with van der Waals surface area (Å²) in [6, 6.07) is 0. The van der Waals surface area contributed by atoms with Crippen LogP contribution < -0.4 is 14.7 Å². The van der Waals surface area contributed by atoms with Crippen LogP contribution in [0.5, 0.6) is 0 Å². The van der Waals surface area contributed by atoms with Crippen LogP contribution in [0, 0.1) is 34.0 Å². The van der Waals surface area contributed by atoms with Gasteiger partial charge in [-0.25, -0.2) is 14.7 Å². The summed E-state index contributed by atoms with van der Waals surface area (Å²) in [7, 11) is 0. The Bertz CT molecular complexity index is 1290. The molecule has 42 heavy (non-hydrogen) atoms. The third-order valence-electron chi connectivity index (χ3n) is 11.5. The van der Waals surface area contributed by atoms with Gasteiger partial charge in [-0.2, -0.15) is 15.0 Å². The first-order chi connectivity index (χ1) is 19.9. The van der Waals surface area contributed by atoms with Gasteiger partial charge in [-0.3, -0.25) is 28.8 Å². The quantitative estimate of drug-likeness (QED) is 0.495. The number of rotatable bonds is 3. The first kappa shape index (κ1) is 27.3. The Morgan fingerprint density at radius 3 is 0.976 bits per heavy atom. The number of fused-ring (bicyclic) bond motifs is 3. The molecule has 6 atom stereocenters. The molecule has 0 bridgehead atoms. The van der Waals surface area contributed by atoms with Crippen LogP contribution in [-0.4, -0.2) is 50.4 Å². The molecule has 0 radical (unpaired) electrons. The minimum Gasteiger partial charge on any atom is -0.274 e. The Hall–Kier alpha value is -3.57. The van der Waals surface area contributed by atoms with E-state index in [1.54, 1.807) is 20.8 Å². The maximum atomic E-state index is 13.8. The zero-order chi connectivity index (χ0) is 29.8. The molecule has 12 nitrogen and oxygen atoms in total. The van der Waals surface area contributed by atoms with E-state index in [-0.39, 0.29) is 17.8 Å². The molecule has 3 saturated carbocycles. The van der Waals surface area contributed by atoms with Crippen molar-refractivity contribution in [1.29, 1.82) is 0 Å². The van der Waals surface area contributed by atoms with Gasteiger partial charge in [-0.15, -0.1) is 0 Å². The molecular formula is C30H36N6O6. The summed E-state index contributed by atoms with van der Waals surface area (Å²) in [5, 5.41) is 0. The number of aromatic nitrogens is 3. The van der Waals surface area contributed by atoms with Gasteiger partial charge in [0.05, 0.1) is 34.0 Å². The summed E-state index contributed by atoms with van der Waals surface area (Å²) in [5.41, 5.74) is -2.77. The number of nitrogens with zero attached hydrogens (tertiary/aromatic N) is 6. The van der Waals surface area contributed by atoms with Crippen LogP contribution in [0.4, 0.5) is 17.8 Å². The van der Waals surface area contributed by atoms with Crippen molar-refractivity contribution < 1.29 is 28.8 Å². The fourth-order valence-electron chi connectivity index (χ4n) is 8.70. The lowest BCUT2D eigenvalue weighted by molar-refractivity contribution is -0.128. The van der Waals surface area contributed by atoms with Crippen molar-refractivity contribution in [2.45, 2.75) is 97.8 Å². The highest BCUT2D eigenvalue weighted by Crippen LogP contribution is 2.52. The van der Waals surface area contributed by atoms with E-state index in [9.17, 15) is 28.8 Å². The Morgan fingerprint density at radius 2 is 0.738 bits per heavy atom. The standard InChI is InChI=1S/C30H36N6O6/c1-28-13-7-4-10-16(28)19(37)34(22(28)40)25-31-26(35-20(38)17-11-5-8-14-29(17,2)23(35)41)33-27(32-25)36-21(39)18-12-6-9-15-30(18,3)24(36)42/h16-18H,4-15H2,1-3H3. The number of hydrogen-bond acceptors (Lipinski definition) is 9. The Labute approximate surface area is 243 Å². The van der Waals surface area contributed by atoms with Crippen LogP contribution in [0.3, 0.4) is 0 Å². The number of amides is 6. The molecule has 1 aromatic heterocycles. The van der Waals surface area contributed by atoms with Crippen molar-refractivity contribution in [2.24, 2.45) is 34.0 Å². The average molecular weight is 577 g/mol. The van der Waals surface area contributed by atoms with Gasteiger partial charge in [0.15, 0.2) is 0 Å². The van der Waals surface area contributed by atoms with Crippen molar-refractivity contribution in [3.05, 3.63) is 0 Å². The second-order valence-corrected chi connectivity index (χ2v) is 13.8. The van der Waals surface area contributed by atoms with Crippen molar-refractivity contribution in [2.75, 3.05) is 14.7 Å². The highest BCUT2D eigenvalue weighted by molar-refractivity contribution is 6.26. The van der Waals surface area contributed by atoms with Gasteiger partial charge < -0.3 is 0 Å². The summed E-state index contributed by atoms with van der Waals surface area (Å²) in [6.07, 6.45) is 8.12. The molecule has 6 amide bonds. The lowest BCUT2D eigenvalue weighted by Gasteiger charge is -2.31. The zero-order valence-electron chi connectivity index (χ0n) is 24.4. The van der Waals surface area contributed by atoms with Gasteiger partial charge in [-0.1, -0.05) is 38.5 Å². The summed E-state index contributed by atoms with van der Waals surface area (Å²) in [5.74, 6) is -5.45. The molecule has 12 heteroatoms. The maximum absolute atomic E-state index is 13.8. The molecule has 0 aromatic carbocycles. The first-order valence-electron chi connectivity index (χ1n) is 15.3. The topological polar surface area (TPSA) is 151 Å². The summed E-state index contributed by atoms with van der Waals surface area (Å²) < 4.78 is 0. The van der Waals surface area contributed by atoms with Crippen LogP contribution in [-0.2, 0) is 28.8 Å². The summed E-state index contributed by atoms with van der Waals surface area (Å²) >= 11 is 0. The van der Waals surface area contributed by atoms with Crippen LogP contribution in [0.1, 0.15) is 97.8 Å². The summed E-state index contributed by atoms with van der Waals surface area (Å²) in [6.45, 7) is 5.33. The molecule has 222 valence electrons. The van der Waals surface area contributed by atoms with Crippen LogP contribution in [0.25, 0.3) is 0 Å². The fraction of sp³-hybridized carbons (Fsp3) is 0.700. The molecule has 6 fully saturated rings. The number of anilines is 3. The van der Waals surface area contributed by atoms with Crippen LogP contribution in [0.15, 0.2) is 0 Å². The zero-order valence-corrected chi connectivity index (χ0v) is 24.4. The van der Waals surface area contributed by atoms with E-state index in [2.05, 4.69) is 15.0 Å². The minimum atomic E-state index is -0.925. The molecule has 3 aliphatic heterocycles. The van der Waals surface area contributed by atoms with Crippen molar-refractivity contribution in [1.82, 2.24) is 15.0 Å². The molecule has 3 aliphatic carbocycles. The third-order valence-corrected chi connectivity index (χ3v) is 11.5. The van der Waals surface area contributed by atoms with Crippen LogP contribution >= 0.6 is 0 Å². The molecule has 0 spiro atoms. The SMILES string of the molecule is CC12CCCCC1C(=O)N(c1nc(N3C(=O)C4CCCCC4(C)C3=O)nc(N3C(=O)C4CCCCC4(C)C3=O)n1)C2=O. The van der Waals surface area contributed by atoms with Crippen molar-refractivity contribution >= 4 is 53.3 Å². The molecule has 6 unspecified atom stereocenters. The van der Waals surface area contributed by atoms with E-state index in [1.165, 1.54) is 0 Å². The first-order valence-corrected chi connectivity index (χ1v) is 15.3. The third kappa shape index (κ3) is 3.37. The molecule has 1 aromatic rings. The molecule has 3 saturated heterocycles. The highest BCUT2D eigenvalue weighted by Gasteiger charge is 2.62. The van der Waals surface area contributed by atoms with E-state index in [0.29, 0.717) is 38.5 Å². The van der Waals surface area contributed by atoms with E-state index in [4.69, 9.17) is 0 Å². The van der Waals surface area contributed by atoms with Gasteiger partial charge >= 0.3 is 0 Å². The smallest absolute Gasteiger partial charge is 0.245 e. The fourth-order valence-corrected chi connectivity index (χ4v) is 8.70. The van der Waals surface area contributed by atoms with Gasteiger partial charge in [0, 0.05) is 0 Å². The predicted octanol–water partition coefficient (Wildman–Crippen LogP) is 3.08. The number of carbonyl (C=O) groups excluding carboxylic acids is 6. The minimum absolute atomic E-state index is 0.359. The van der Waals surface area contributed by atoms with Gasteiger partial charge in [0.2, 0.25) is 53.3 Å². The van der Waals surface area contributed by atoms with E-state index in [1.807, 2.05) is 0 Å². The van der Waals surface area contributed by atoms with E-state index >= 15 is 0 Å². The van der Waals surface area contributed by atoms with Gasteiger partial charge in [0.1, 0.15) is 0 Å². The average Bonchev–Trinajstić information content (AvgIpc) is 3.40. The molecule has 0 N–H and O–H groups in total. The van der Waals surface area contributed by atoms with E-state index in [0.717, 1.165) is 53.2 Å². The Morgan fingerprint density at radius 1 is 0.476 bits per heavy atom. The normalized spacial score (nSPS) is 38.4. The molecule has 4 heterocycles. The van der Waals surface area contributed by atoms with Crippen molar-refractivity contribution in [3.8, 4) is 0 Å². The van der Waals surface area contributed by atoms with Crippen LogP contribution in [0.2, 0.25) is 0 Å². The van der Waals surface area contributed by atoms with E-state index < -0.39 is 69.4 Å². The maximum Gasteiger partial charge on any atom is 0.245 e. The van der Waals surface area contributed by atoms with Gasteiger partial charge in [0.25, 0.3) is 0 Å². The Kier molecular flexibility index (Phi) is 5.82.